The zero-order chi connectivity index (χ0) is 17.5. The molecule has 0 aliphatic carbocycles. The molecule has 0 bridgehead atoms. The zero-order valence-corrected chi connectivity index (χ0v) is 15.3. The highest BCUT2D eigenvalue weighted by Gasteiger charge is 2.31. The predicted molar refractivity (Wildman–Crippen MR) is 99.2 cm³/mol. The summed E-state index contributed by atoms with van der Waals surface area (Å²) < 4.78 is 0. The average Bonchev–Trinajstić information content (AvgIpc) is 2.66. The number of likely N-dealkylation sites (tertiary alicyclic amines) is 1. The number of hydrogen-bond donors (Lipinski definition) is 1. The fraction of sp³-hybridized carbons (Fsp3) is 0.611. The summed E-state index contributed by atoms with van der Waals surface area (Å²) >= 11 is 1.75. The van der Waals surface area contributed by atoms with Crippen LogP contribution in [-0.4, -0.2) is 71.1 Å². The van der Waals surface area contributed by atoms with Crippen molar-refractivity contribution in [1.29, 1.82) is 0 Å². The topological polar surface area (TPSA) is 65.5 Å². The van der Waals surface area contributed by atoms with Crippen LogP contribution in [-0.2, 0) is 15.3 Å². The Bertz CT molecular complexity index is 584. The van der Waals surface area contributed by atoms with Crippen LogP contribution in [0.4, 0.5) is 0 Å². The van der Waals surface area contributed by atoms with E-state index < -0.39 is 0 Å². The number of nitrogens with zero attached hydrogens (tertiary/aromatic N) is 3. The third-order valence-corrected chi connectivity index (χ3v) is 5.75. The van der Waals surface area contributed by atoms with Crippen LogP contribution in [0.15, 0.2) is 24.4 Å². The number of hydrogen-bond acceptors (Lipinski definition) is 5. The van der Waals surface area contributed by atoms with Crippen molar-refractivity contribution in [2.75, 3.05) is 38.5 Å². The summed E-state index contributed by atoms with van der Waals surface area (Å²) in [4.78, 5) is 32.8. The molecular weight excluding hydrogens is 336 g/mol. The van der Waals surface area contributed by atoms with E-state index in [0.717, 1.165) is 49.7 Å². The first-order chi connectivity index (χ1) is 12.2. The fourth-order valence-electron chi connectivity index (χ4n) is 3.42. The lowest BCUT2D eigenvalue weighted by molar-refractivity contribution is -0.140. The zero-order valence-electron chi connectivity index (χ0n) is 14.5. The monoisotopic (exact) mass is 362 g/mol. The predicted octanol–water partition coefficient (Wildman–Crippen LogP) is 1.13. The van der Waals surface area contributed by atoms with E-state index in [1.165, 1.54) is 0 Å². The minimum absolute atomic E-state index is 0.163. The van der Waals surface area contributed by atoms with Crippen molar-refractivity contribution in [1.82, 2.24) is 20.1 Å². The van der Waals surface area contributed by atoms with Gasteiger partial charge in [-0.05, 0) is 25.0 Å². The molecule has 1 unspecified atom stereocenters. The van der Waals surface area contributed by atoms with Crippen molar-refractivity contribution in [3.8, 4) is 0 Å². The molecule has 0 saturated carbocycles. The number of thioether (sulfide) groups is 1. The van der Waals surface area contributed by atoms with Gasteiger partial charge >= 0.3 is 0 Å². The van der Waals surface area contributed by atoms with E-state index >= 15 is 0 Å². The van der Waals surface area contributed by atoms with Crippen LogP contribution in [0.3, 0.4) is 0 Å². The van der Waals surface area contributed by atoms with Gasteiger partial charge in [0.1, 0.15) is 0 Å². The van der Waals surface area contributed by atoms with Gasteiger partial charge in [0.25, 0.3) is 0 Å². The lowest BCUT2D eigenvalue weighted by Gasteiger charge is -2.41. The van der Waals surface area contributed by atoms with Crippen LogP contribution in [0.2, 0.25) is 0 Å². The summed E-state index contributed by atoms with van der Waals surface area (Å²) in [5, 5.41) is 3.11. The molecule has 3 heterocycles. The molecule has 2 saturated heterocycles. The molecule has 1 atom stereocenters. The molecular formula is C18H26N4O2S. The van der Waals surface area contributed by atoms with E-state index in [1.54, 1.807) is 18.0 Å². The summed E-state index contributed by atoms with van der Waals surface area (Å²) in [6.07, 6.45) is 4.34. The number of amides is 2. The average molecular weight is 362 g/mol. The minimum Gasteiger partial charge on any atom is -0.341 e. The number of piperidine rings is 1. The Morgan fingerprint density at radius 1 is 1.36 bits per heavy atom. The van der Waals surface area contributed by atoms with Gasteiger partial charge in [0, 0.05) is 56.3 Å². The first kappa shape index (κ1) is 18.2. The van der Waals surface area contributed by atoms with E-state index in [1.807, 2.05) is 28.0 Å². The number of aromatic nitrogens is 1. The Hall–Kier alpha value is -1.60. The highest BCUT2D eigenvalue weighted by molar-refractivity contribution is 7.98. The van der Waals surface area contributed by atoms with Gasteiger partial charge < -0.3 is 15.1 Å². The lowest BCUT2D eigenvalue weighted by atomic mass is 10.0. The van der Waals surface area contributed by atoms with Crippen LogP contribution in [0.25, 0.3) is 0 Å². The summed E-state index contributed by atoms with van der Waals surface area (Å²) in [5.74, 6) is 2.02. The van der Waals surface area contributed by atoms with Gasteiger partial charge in [0.2, 0.25) is 11.8 Å². The van der Waals surface area contributed by atoms with Crippen molar-refractivity contribution < 1.29 is 9.59 Å². The lowest BCUT2D eigenvalue weighted by Crippen LogP contribution is -2.57. The molecule has 2 aliphatic heterocycles. The number of piperazine rings is 1. The second kappa shape index (κ2) is 9.20. The maximum absolute atomic E-state index is 12.5. The summed E-state index contributed by atoms with van der Waals surface area (Å²) in [6.45, 7) is 3.54. The van der Waals surface area contributed by atoms with Gasteiger partial charge in [-0.2, -0.15) is 11.8 Å². The largest absolute Gasteiger partial charge is 0.341 e. The van der Waals surface area contributed by atoms with Crippen molar-refractivity contribution in [2.45, 2.75) is 31.1 Å². The standard InChI is InChI=1S/C18H26N4O2S/c23-17(6-11-25-14-15-4-1-2-7-20-15)21-9-3-5-16(13-21)22-10-8-19-12-18(22)24/h1-2,4,7,16,19H,3,5-6,8-14H2. The van der Waals surface area contributed by atoms with Gasteiger partial charge in [-0.15, -0.1) is 0 Å². The van der Waals surface area contributed by atoms with Gasteiger partial charge in [0.15, 0.2) is 0 Å². The highest BCUT2D eigenvalue weighted by atomic mass is 32.2. The van der Waals surface area contributed by atoms with E-state index in [4.69, 9.17) is 0 Å². The Labute approximate surface area is 153 Å². The van der Waals surface area contributed by atoms with E-state index in [2.05, 4.69) is 10.3 Å². The molecule has 7 heteroatoms. The maximum Gasteiger partial charge on any atom is 0.236 e. The van der Waals surface area contributed by atoms with E-state index in [0.29, 0.717) is 19.5 Å². The van der Waals surface area contributed by atoms with Crippen LogP contribution in [0.1, 0.15) is 25.0 Å². The molecule has 1 aromatic heterocycles. The molecule has 2 fully saturated rings. The van der Waals surface area contributed by atoms with Crippen LogP contribution in [0.5, 0.6) is 0 Å². The smallest absolute Gasteiger partial charge is 0.236 e. The molecule has 2 amide bonds. The summed E-state index contributed by atoms with van der Waals surface area (Å²) in [6, 6.07) is 6.09. The Kier molecular flexibility index (Phi) is 6.69. The molecule has 0 spiro atoms. The second-order valence-corrected chi connectivity index (χ2v) is 7.63. The summed E-state index contributed by atoms with van der Waals surface area (Å²) in [5.41, 5.74) is 1.05. The Morgan fingerprint density at radius 2 is 2.28 bits per heavy atom. The molecule has 25 heavy (non-hydrogen) atoms. The molecule has 3 rings (SSSR count). The third-order valence-electron chi connectivity index (χ3n) is 4.75. The summed E-state index contributed by atoms with van der Waals surface area (Å²) in [7, 11) is 0. The fourth-order valence-corrected chi connectivity index (χ4v) is 4.26. The number of carbonyl (C=O) groups excluding carboxylic acids is 2. The van der Waals surface area contributed by atoms with Gasteiger partial charge in [-0.1, -0.05) is 6.07 Å². The Balaban J connectivity index is 1.41. The first-order valence-electron chi connectivity index (χ1n) is 8.99. The molecule has 0 aromatic carbocycles. The highest BCUT2D eigenvalue weighted by Crippen LogP contribution is 2.19. The first-order valence-corrected chi connectivity index (χ1v) is 10.1. The van der Waals surface area contributed by atoms with Gasteiger partial charge in [-0.25, -0.2) is 0 Å². The number of rotatable bonds is 6. The molecule has 2 aliphatic rings. The molecule has 136 valence electrons. The minimum atomic E-state index is 0.163. The van der Waals surface area contributed by atoms with E-state index in [-0.39, 0.29) is 17.9 Å². The van der Waals surface area contributed by atoms with Gasteiger partial charge in [-0.3, -0.25) is 14.6 Å². The van der Waals surface area contributed by atoms with Crippen molar-refractivity contribution in [2.24, 2.45) is 0 Å². The van der Waals surface area contributed by atoms with Crippen LogP contribution >= 0.6 is 11.8 Å². The molecule has 1 N–H and O–H groups in total. The normalized spacial score (nSPS) is 21.4. The van der Waals surface area contributed by atoms with Crippen LogP contribution in [0, 0.1) is 0 Å². The van der Waals surface area contributed by atoms with Crippen molar-refractivity contribution in [3.05, 3.63) is 30.1 Å². The van der Waals surface area contributed by atoms with Gasteiger partial charge in [0.05, 0.1) is 12.2 Å². The number of nitrogens with one attached hydrogen (secondary N) is 1. The SMILES string of the molecule is O=C(CCSCc1ccccn1)N1CCCC(N2CCNCC2=O)C1. The number of carbonyl (C=O) groups is 2. The Morgan fingerprint density at radius 3 is 3.08 bits per heavy atom. The van der Waals surface area contributed by atoms with E-state index in [9.17, 15) is 9.59 Å². The second-order valence-electron chi connectivity index (χ2n) is 6.52. The quantitative estimate of drug-likeness (QED) is 0.769. The van der Waals surface area contributed by atoms with Crippen molar-refractivity contribution in [3.63, 3.8) is 0 Å². The molecule has 0 radical (unpaired) electrons. The van der Waals surface area contributed by atoms with Crippen LogP contribution < -0.4 is 5.32 Å². The maximum atomic E-state index is 12.5. The number of pyridine rings is 1. The molecule has 1 aromatic rings. The van der Waals surface area contributed by atoms with Crippen molar-refractivity contribution >= 4 is 23.6 Å². The molecule has 6 nitrogen and oxygen atoms in total. The third kappa shape index (κ3) is 5.19.